The van der Waals surface area contributed by atoms with Crippen LogP contribution in [0.2, 0.25) is 0 Å². The van der Waals surface area contributed by atoms with Gasteiger partial charge in [-0.15, -0.1) is 0 Å². The molecule has 3 aromatic rings. The van der Waals surface area contributed by atoms with E-state index in [0.29, 0.717) is 24.5 Å². The van der Waals surface area contributed by atoms with Gasteiger partial charge in [0.1, 0.15) is 17.2 Å². The Hall–Kier alpha value is -3.24. The SMILES string of the molecule is CC(C)(C)OC(=O)n1c(-c2ccc(F)cc2)c(C#CCC2(O)CCC2)c2cc(F)cc(F)c21. The van der Waals surface area contributed by atoms with Crippen molar-refractivity contribution in [2.75, 3.05) is 0 Å². The zero-order valence-electron chi connectivity index (χ0n) is 18.6. The van der Waals surface area contributed by atoms with E-state index in [1.807, 2.05) is 0 Å². The summed E-state index contributed by atoms with van der Waals surface area (Å²) in [7, 11) is 0. The lowest BCUT2D eigenvalue weighted by Crippen LogP contribution is -2.35. The molecular formula is C26H24F3NO3. The van der Waals surface area contributed by atoms with Gasteiger partial charge in [0, 0.05) is 23.4 Å². The molecule has 1 aliphatic carbocycles. The molecule has 1 N–H and O–H groups in total. The maximum Gasteiger partial charge on any atom is 0.419 e. The summed E-state index contributed by atoms with van der Waals surface area (Å²) in [5, 5.41) is 10.5. The Morgan fingerprint density at radius 3 is 2.36 bits per heavy atom. The number of hydrogen-bond donors (Lipinski definition) is 1. The second-order valence-corrected chi connectivity index (χ2v) is 9.39. The Labute approximate surface area is 190 Å². The monoisotopic (exact) mass is 455 g/mol. The number of carbonyl (C=O) groups excluding carboxylic acids is 1. The highest BCUT2D eigenvalue weighted by molar-refractivity contribution is 6.02. The first kappa shape index (κ1) is 22.9. The molecule has 1 saturated carbocycles. The first-order valence-corrected chi connectivity index (χ1v) is 10.7. The Balaban J connectivity index is 2.01. The highest BCUT2D eigenvalue weighted by Crippen LogP contribution is 2.37. The van der Waals surface area contributed by atoms with Crippen LogP contribution in [0.5, 0.6) is 0 Å². The van der Waals surface area contributed by atoms with E-state index in [0.717, 1.165) is 17.1 Å². The fourth-order valence-corrected chi connectivity index (χ4v) is 3.89. The quantitative estimate of drug-likeness (QED) is 0.471. The minimum absolute atomic E-state index is 0.0887. The molecule has 0 atom stereocenters. The summed E-state index contributed by atoms with van der Waals surface area (Å²) in [6, 6.07) is 7.07. The summed E-state index contributed by atoms with van der Waals surface area (Å²) in [4.78, 5) is 13.2. The summed E-state index contributed by atoms with van der Waals surface area (Å²) < 4.78 is 49.4. The van der Waals surface area contributed by atoms with Gasteiger partial charge in [-0.3, -0.25) is 0 Å². The molecule has 0 saturated heterocycles. The number of aromatic nitrogens is 1. The van der Waals surface area contributed by atoms with Gasteiger partial charge in [0.2, 0.25) is 0 Å². The van der Waals surface area contributed by atoms with Crippen LogP contribution in [0.15, 0.2) is 36.4 Å². The molecule has 0 spiro atoms. The van der Waals surface area contributed by atoms with E-state index in [-0.39, 0.29) is 28.6 Å². The van der Waals surface area contributed by atoms with Crippen LogP contribution in [0.25, 0.3) is 22.2 Å². The first-order chi connectivity index (χ1) is 15.5. The number of ether oxygens (including phenoxy) is 1. The predicted molar refractivity (Wildman–Crippen MR) is 119 cm³/mol. The van der Waals surface area contributed by atoms with Crippen LogP contribution in [0, 0.1) is 29.3 Å². The average Bonchev–Trinajstić information content (AvgIpc) is 3.01. The Bertz CT molecular complexity index is 1290. The third-order valence-electron chi connectivity index (χ3n) is 5.59. The van der Waals surface area contributed by atoms with Crippen molar-refractivity contribution in [3.8, 4) is 23.1 Å². The minimum Gasteiger partial charge on any atom is -0.443 e. The number of nitrogens with zero attached hydrogens (tertiary/aromatic N) is 1. The molecule has 4 nitrogen and oxygen atoms in total. The van der Waals surface area contributed by atoms with Crippen LogP contribution < -0.4 is 0 Å². The van der Waals surface area contributed by atoms with Crippen molar-refractivity contribution in [3.63, 3.8) is 0 Å². The number of fused-ring (bicyclic) bond motifs is 1. The van der Waals surface area contributed by atoms with E-state index in [1.165, 1.54) is 24.3 Å². The average molecular weight is 455 g/mol. The summed E-state index contributed by atoms with van der Waals surface area (Å²) in [5.74, 6) is 3.56. The van der Waals surface area contributed by atoms with Crippen LogP contribution in [0.3, 0.4) is 0 Å². The van der Waals surface area contributed by atoms with Gasteiger partial charge in [-0.1, -0.05) is 11.8 Å². The van der Waals surface area contributed by atoms with Crippen molar-refractivity contribution in [3.05, 3.63) is 59.4 Å². The van der Waals surface area contributed by atoms with E-state index in [1.54, 1.807) is 20.8 Å². The van der Waals surface area contributed by atoms with E-state index in [9.17, 15) is 18.7 Å². The Morgan fingerprint density at radius 1 is 1.12 bits per heavy atom. The maximum absolute atomic E-state index is 15.0. The lowest BCUT2D eigenvalue weighted by Gasteiger charge is -2.34. The standard InChI is InChI=1S/C26H24F3NO3/c1-25(2,3)33-24(31)30-22(16-7-9-17(27)10-8-16)19(6-4-11-26(32)12-5-13-26)20-14-18(28)15-21(29)23(20)30/h7-10,14-15,32H,5,11-13H2,1-3H3. The fraction of sp³-hybridized carbons (Fsp3) is 0.346. The summed E-state index contributed by atoms with van der Waals surface area (Å²) >= 11 is 0. The molecule has 0 aliphatic heterocycles. The molecular weight excluding hydrogens is 431 g/mol. The molecule has 4 rings (SSSR count). The topological polar surface area (TPSA) is 51.5 Å². The van der Waals surface area contributed by atoms with Crippen molar-refractivity contribution in [2.24, 2.45) is 0 Å². The maximum atomic E-state index is 15.0. The number of hydrogen-bond acceptors (Lipinski definition) is 3. The van der Waals surface area contributed by atoms with Crippen molar-refractivity contribution < 1.29 is 27.8 Å². The number of aliphatic hydroxyl groups is 1. The normalized spacial score (nSPS) is 15.0. The lowest BCUT2D eigenvalue weighted by molar-refractivity contribution is -0.0280. The lowest BCUT2D eigenvalue weighted by atomic mass is 9.78. The van der Waals surface area contributed by atoms with Crippen LogP contribution in [0.1, 0.15) is 52.0 Å². The summed E-state index contributed by atoms with van der Waals surface area (Å²) in [6.07, 6.45) is 1.49. The predicted octanol–water partition coefficient (Wildman–Crippen LogP) is 6.17. The van der Waals surface area contributed by atoms with Gasteiger partial charge >= 0.3 is 6.09 Å². The molecule has 0 unspecified atom stereocenters. The Kier molecular flexibility index (Phi) is 5.75. The van der Waals surface area contributed by atoms with Crippen LogP contribution in [0.4, 0.5) is 18.0 Å². The van der Waals surface area contributed by atoms with Gasteiger partial charge in [-0.2, -0.15) is 0 Å². The number of rotatable bonds is 2. The molecule has 0 bridgehead atoms. The molecule has 172 valence electrons. The van der Waals surface area contributed by atoms with Gasteiger partial charge in [-0.05, 0) is 70.4 Å². The number of benzene rings is 2. The highest BCUT2D eigenvalue weighted by atomic mass is 19.1. The molecule has 1 aromatic heterocycles. The van der Waals surface area contributed by atoms with Gasteiger partial charge in [-0.25, -0.2) is 22.5 Å². The zero-order chi connectivity index (χ0) is 24.0. The molecule has 1 heterocycles. The smallest absolute Gasteiger partial charge is 0.419 e. The molecule has 0 amide bonds. The molecule has 0 radical (unpaired) electrons. The van der Waals surface area contributed by atoms with Crippen molar-refractivity contribution in [1.82, 2.24) is 4.57 Å². The van der Waals surface area contributed by atoms with E-state index in [2.05, 4.69) is 11.8 Å². The van der Waals surface area contributed by atoms with Gasteiger partial charge < -0.3 is 9.84 Å². The van der Waals surface area contributed by atoms with Gasteiger partial charge in [0.25, 0.3) is 0 Å². The van der Waals surface area contributed by atoms with Crippen LogP contribution in [-0.2, 0) is 4.74 Å². The molecule has 1 aliphatic rings. The largest absolute Gasteiger partial charge is 0.443 e. The Morgan fingerprint density at radius 2 is 1.79 bits per heavy atom. The van der Waals surface area contributed by atoms with E-state index >= 15 is 4.39 Å². The van der Waals surface area contributed by atoms with E-state index < -0.39 is 34.7 Å². The van der Waals surface area contributed by atoms with Crippen molar-refractivity contribution in [1.29, 1.82) is 0 Å². The van der Waals surface area contributed by atoms with Crippen molar-refractivity contribution in [2.45, 2.75) is 57.7 Å². The fourth-order valence-electron chi connectivity index (χ4n) is 3.89. The minimum atomic E-state index is -0.954. The van der Waals surface area contributed by atoms with Crippen molar-refractivity contribution >= 4 is 17.0 Å². The third-order valence-corrected chi connectivity index (χ3v) is 5.59. The second kappa shape index (κ2) is 8.27. The van der Waals surface area contributed by atoms with Gasteiger partial charge in [0.15, 0.2) is 5.82 Å². The molecule has 2 aromatic carbocycles. The second-order valence-electron chi connectivity index (χ2n) is 9.39. The third kappa shape index (κ3) is 4.62. The molecule has 1 fully saturated rings. The summed E-state index contributed by atoms with van der Waals surface area (Å²) in [5.41, 5.74) is -1.20. The van der Waals surface area contributed by atoms with Gasteiger partial charge in [0.05, 0.1) is 22.4 Å². The van der Waals surface area contributed by atoms with Crippen LogP contribution >= 0.6 is 0 Å². The first-order valence-electron chi connectivity index (χ1n) is 10.7. The van der Waals surface area contributed by atoms with E-state index in [4.69, 9.17) is 4.74 Å². The zero-order valence-corrected chi connectivity index (χ0v) is 18.6. The highest BCUT2D eigenvalue weighted by Gasteiger charge is 2.33. The summed E-state index contributed by atoms with van der Waals surface area (Å²) in [6.45, 7) is 5.01. The molecule has 7 heteroatoms. The molecule has 33 heavy (non-hydrogen) atoms. The number of halogens is 3. The number of carbonyl (C=O) groups is 1. The van der Waals surface area contributed by atoms with Crippen LogP contribution in [-0.4, -0.2) is 27.0 Å².